The number of hydrogen-bond acceptors (Lipinski definition) is 6. The normalized spacial score (nSPS) is 16.5. The number of carbonyl (C=O) groups is 3. The first-order valence-electron chi connectivity index (χ1n) is 14.8. The van der Waals surface area contributed by atoms with E-state index in [1.165, 1.54) is 18.4 Å². The van der Waals surface area contributed by atoms with Crippen LogP contribution < -0.4 is 10.6 Å². The Balaban J connectivity index is 1.56. The van der Waals surface area contributed by atoms with E-state index >= 15 is 0 Å². The summed E-state index contributed by atoms with van der Waals surface area (Å²) in [6.07, 6.45) is 3.37. The van der Waals surface area contributed by atoms with Crippen molar-refractivity contribution in [3.8, 4) is 11.5 Å². The highest BCUT2D eigenvalue weighted by Crippen LogP contribution is 2.27. The molecule has 0 saturated carbocycles. The van der Waals surface area contributed by atoms with Gasteiger partial charge in [0.05, 0.1) is 6.04 Å². The first-order chi connectivity index (χ1) is 20.5. The zero-order valence-corrected chi connectivity index (χ0v) is 25.6. The summed E-state index contributed by atoms with van der Waals surface area (Å²) in [5.41, 5.74) is 1.29. The predicted octanol–water partition coefficient (Wildman–Crippen LogP) is 4.30. The number of hydrogen-bond donors (Lipinski definition) is 2. The lowest BCUT2D eigenvalue weighted by Crippen LogP contribution is -2.59. The molecule has 0 bridgehead atoms. The van der Waals surface area contributed by atoms with E-state index in [0.717, 1.165) is 24.0 Å². The molecule has 3 atom stereocenters. The lowest BCUT2D eigenvalue weighted by molar-refractivity contribution is -0.140. The highest BCUT2D eigenvalue weighted by molar-refractivity contribution is 5.93. The Bertz CT molecular complexity index is 1390. The van der Waals surface area contributed by atoms with Crippen LogP contribution in [0, 0.1) is 11.2 Å². The highest BCUT2D eigenvalue weighted by atomic mass is 19.1. The fourth-order valence-electron chi connectivity index (χ4n) is 5.22. The third kappa shape index (κ3) is 8.07. The van der Waals surface area contributed by atoms with Gasteiger partial charge in [0.15, 0.2) is 5.69 Å². The summed E-state index contributed by atoms with van der Waals surface area (Å²) in [7, 11) is 1.70. The van der Waals surface area contributed by atoms with Gasteiger partial charge in [-0.25, -0.2) is 9.37 Å². The molecule has 43 heavy (non-hydrogen) atoms. The number of nitrogens with one attached hydrogen (secondary N) is 2. The van der Waals surface area contributed by atoms with Gasteiger partial charge in [0.25, 0.3) is 5.91 Å². The highest BCUT2D eigenvalue weighted by Gasteiger charge is 2.41. The number of halogens is 1. The molecule has 1 saturated heterocycles. The van der Waals surface area contributed by atoms with Crippen molar-refractivity contribution in [2.75, 3.05) is 26.7 Å². The number of amides is 3. The number of likely N-dealkylation sites (tertiary alicyclic amines) is 1. The van der Waals surface area contributed by atoms with E-state index in [9.17, 15) is 18.8 Å². The Morgan fingerprint density at radius 1 is 1.12 bits per heavy atom. The fourth-order valence-corrected chi connectivity index (χ4v) is 5.22. The maximum Gasteiger partial charge on any atom is 0.275 e. The van der Waals surface area contributed by atoms with Gasteiger partial charge < -0.3 is 24.9 Å². The topological polar surface area (TPSA) is 108 Å². The predicted molar refractivity (Wildman–Crippen MR) is 163 cm³/mol. The second-order valence-corrected chi connectivity index (χ2v) is 12.2. The molecule has 0 aliphatic carbocycles. The van der Waals surface area contributed by atoms with Crippen molar-refractivity contribution in [3.05, 3.63) is 77.9 Å². The van der Waals surface area contributed by atoms with Crippen LogP contribution in [0.1, 0.15) is 56.6 Å². The molecule has 10 heteroatoms. The van der Waals surface area contributed by atoms with Crippen LogP contribution in [0.5, 0.6) is 0 Å². The molecule has 2 N–H and O–H groups in total. The Kier molecular flexibility index (Phi) is 10.3. The quantitative estimate of drug-likeness (QED) is 0.345. The number of benzene rings is 2. The number of oxazole rings is 1. The first kappa shape index (κ1) is 31.9. The fraction of sp³-hybridized carbons (Fsp3) is 0.455. The number of likely N-dealkylation sites (N-methyl/N-ethyl adjacent to an activating group) is 1. The summed E-state index contributed by atoms with van der Waals surface area (Å²) >= 11 is 0. The Labute approximate surface area is 252 Å². The number of nitrogens with zero attached hydrogens (tertiary/aromatic N) is 3. The van der Waals surface area contributed by atoms with Crippen molar-refractivity contribution in [2.45, 2.75) is 65.1 Å². The van der Waals surface area contributed by atoms with Crippen molar-refractivity contribution in [3.63, 3.8) is 0 Å². The third-order valence-electron chi connectivity index (χ3n) is 7.93. The van der Waals surface area contributed by atoms with Gasteiger partial charge >= 0.3 is 0 Å². The molecular weight excluding hydrogens is 549 g/mol. The molecule has 230 valence electrons. The Hall–Kier alpha value is -4.05. The van der Waals surface area contributed by atoms with Crippen molar-refractivity contribution in [2.24, 2.45) is 5.41 Å². The Morgan fingerprint density at radius 2 is 1.81 bits per heavy atom. The molecule has 0 spiro atoms. The third-order valence-corrected chi connectivity index (χ3v) is 7.93. The van der Waals surface area contributed by atoms with E-state index in [-0.39, 0.29) is 41.8 Å². The molecule has 4 rings (SSSR count). The number of rotatable bonds is 11. The average Bonchev–Trinajstić information content (AvgIpc) is 3.68. The van der Waals surface area contributed by atoms with Crippen LogP contribution in [0.25, 0.3) is 11.5 Å². The van der Waals surface area contributed by atoms with Crippen LogP contribution in [0.15, 0.2) is 65.3 Å². The van der Waals surface area contributed by atoms with Gasteiger partial charge in [-0.15, -0.1) is 0 Å². The first-order valence-corrected chi connectivity index (χ1v) is 14.8. The van der Waals surface area contributed by atoms with Gasteiger partial charge in [0, 0.05) is 31.2 Å². The zero-order valence-electron chi connectivity index (χ0n) is 25.6. The Morgan fingerprint density at radius 3 is 2.47 bits per heavy atom. The molecule has 1 fully saturated rings. The van der Waals surface area contributed by atoms with Crippen LogP contribution in [0.2, 0.25) is 0 Å². The minimum absolute atomic E-state index is 0.162. The molecule has 3 unspecified atom stereocenters. The van der Waals surface area contributed by atoms with Crippen LogP contribution in [0.4, 0.5) is 4.39 Å². The molecule has 0 radical (unpaired) electrons. The van der Waals surface area contributed by atoms with Crippen LogP contribution in [-0.2, 0) is 16.0 Å². The van der Waals surface area contributed by atoms with Gasteiger partial charge in [-0.05, 0) is 68.5 Å². The van der Waals surface area contributed by atoms with Gasteiger partial charge in [-0.1, -0.05) is 51.1 Å². The van der Waals surface area contributed by atoms with Crippen LogP contribution in [-0.4, -0.2) is 77.3 Å². The minimum atomic E-state index is -0.733. The van der Waals surface area contributed by atoms with Gasteiger partial charge in [-0.3, -0.25) is 14.4 Å². The van der Waals surface area contributed by atoms with Crippen LogP contribution in [0.3, 0.4) is 0 Å². The van der Waals surface area contributed by atoms with E-state index in [2.05, 4.69) is 15.6 Å². The van der Waals surface area contributed by atoms with Crippen molar-refractivity contribution >= 4 is 17.7 Å². The maximum absolute atomic E-state index is 14.0. The number of carbonyl (C=O) groups excluding carboxylic acids is 3. The number of aromatic nitrogens is 1. The van der Waals surface area contributed by atoms with Gasteiger partial charge in [0.1, 0.15) is 18.1 Å². The minimum Gasteiger partial charge on any atom is -0.444 e. The van der Waals surface area contributed by atoms with Crippen molar-refractivity contribution in [1.82, 2.24) is 25.4 Å². The molecule has 9 nitrogen and oxygen atoms in total. The lowest BCUT2D eigenvalue weighted by Gasteiger charge is -2.37. The summed E-state index contributed by atoms with van der Waals surface area (Å²) in [5, 5.41) is 5.87. The van der Waals surface area contributed by atoms with Crippen molar-refractivity contribution in [1.29, 1.82) is 0 Å². The maximum atomic E-state index is 14.0. The lowest BCUT2D eigenvalue weighted by atomic mass is 9.85. The average molecular weight is 592 g/mol. The zero-order chi connectivity index (χ0) is 31.1. The SMILES string of the molecule is CNC(C)C(=O)NC(C(=O)N1CCCC1CN(CCc1ccc(F)cc1)C(=O)c1coc(-c2ccccc2)n1)C(C)(C)C. The summed E-state index contributed by atoms with van der Waals surface area (Å²) in [6, 6.07) is 14.1. The molecule has 3 aromatic rings. The molecule has 1 aliphatic heterocycles. The van der Waals surface area contributed by atoms with E-state index in [1.54, 1.807) is 35.9 Å². The molecule has 2 aromatic carbocycles. The van der Waals surface area contributed by atoms with E-state index in [0.29, 0.717) is 25.4 Å². The van der Waals surface area contributed by atoms with E-state index in [4.69, 9.17) is 4.42 Å². The molecular formula is C33H42FN5O4. The smallest absolute Gasteiger partial charge is 0.275 e. The van der Waals surface area contributed by atoms with E-state index < -0.39 is 17.5 Å². The molecule has 3 amide bonds. The molecule has 1 aromatic heterocycles. The largest absolute Gasteiger partial charge is 0.444 e. The molecule has 1 aliphatic rings. The van der Waals surface area contributed by atoms with Crippen molar-refractivity contribution < 1.29 is 23.2 Å². The second-order valence-electron chi connectivity index (χ2n) is 12.2. The van der Waals surface area contributed by atoms with Gasteiger partial charge in [0.2, 0.25) is 17.7 Å². The summed E-state index contributed by atoms with van der Waals surface area (Å²) in [4.78, 5) is 48.6. The molecule has 2 heterocycles. The summed E-state index contributed by atoms with van der Waals surface area (Å²) in [6.45, 7) is 8.70. The van der Waals surface area contributed by atoms with E-state index in [1.807, 2.05) is 51.1 Å². The summed E-state index contributed by atoms with van der Waals surface area (Å²) in [5.74, 6) is -0.693. The second kappa shape index (κ2) is 13.9. The summed E-state index contributed by atoms with van der Waals surface area (Å²) < 4.78 is 19.2. The van der Waals surface area contributed by atoms with Crippen LogP contribution >= 0.6 is 0 Å². The standard InChI is InChI=1S/C33H42FN5O4/c1-22(35-5)29(40)37-28(33(2,3)4)32(42)39-18-9-12-26(39)20-38(19-17-23-13-15-25(34)16-14-23)31(41)27-21-43-30(36-27)24-10-7-6-8-11-24/h6-8,10-11,13-16,21-22,26,28,35H,9,12,17-20H2,1-5H3,(H,37,40). The van der Waals surface area contributed by atoms with Gasteiger partial charge in [-0.2, -0.15) is 0 Å². The monoisotopic (exact) mass is 591 g/mol.